The highest BCUT2D eigenvalue weighted by Gasteiger charge is 2.18. The van der Waals surface area contributed by atoms with Crippen LogP contribution in [0.1, 0.15) is 43.6 Å². The first kappa shape index (κ1) is 13.8. The largest absolute Gasteiger partial charge is 0.465 e. The molecule has 1 amide bonds. The van der Waals surface area contributed by atoms with Crippen LogP contribution in [0, 0.1) is 0 Å². The van der Waals surface area contributed by atoms with Crippen LogP contribution < -0.4 is 5.32 Å². The van der Waals surface area contributed by atoms with Crippen LogP contribution >= 0.6 is 12.4 Å². The fourth-order valence-corrected chi connectivity index (χ4v) is 2.50. The lowest BCUT2D eigenvalue weighted by molar-refractivity contribution is 0.209. The van der Waals surface area contributed by atoms with Crippen LogP contribution in [0.5, 0.6) is 0 Å². The Hall–Kier alpha value is -1.22. The first-order valence-corrected chi connectivity index (χ1v) is 5.86. The molecule has 1 saturated carbocycles. The molecule has 1 aromatic carbocycles. The molecule has 4 heteroatoms. The number of nitrogens with one attached hydrogen (secondary N) is 1. The number of amides is 1. The van der Waals surface area contributed by atoms with Gasteiger partial charge in [0.1, 0.15) is 0 Å². The van der Waals surface area contributed by atoms with Gasteiger partial charge in [0.25, 0.3) is 0 Å². The van der Waals surface area contributed by atoms with E-state index >= 15 is 0 Å². The Balaban J connectivity index is 0.00000144. The average molecular weight is 256 g/mol. The van der Waals surface area contributed by atoms with E-state index in [0.29, 0.717) is 5.92 Å². The van der Waals surface area contributed by atoms with Crippen molar-refractivity contribution in [1.82, 2.24) is 0 Å². The van der Waals surface area contributed by atoms with Crippen molar-refractivity contribution in [2.45, 2.75) is 38.0 Å². The lowest BCUT2D eigenvalue weighted by Gasteiger charge is -2.24. The van der Waals surface area contributed by atoms with Crippen molar-refractivity contribution in [3.63, 3.8) is 0 Å². The van der Waals surface area contributed by atoms with Crippen LogP contribution in [0.25, 0.3) is 0 Å². The highest BCUT2D eigenvalue weighted by atomic mass is 35.5. The number of halogens is 1. The van der Waals surface area contributed by atoms with Gasteiger partial charge >= 0.3 is 6.09 Å². The minimum atomic E-state index is -0.983. The normalized spacial score (nSPS) is 16.0. The Labute approximate surface area is 108 Å². The second-order valence-electron chi connectivity index (χ2n) is 4.35. The summed E-state index contributed by atoms with van der Waals surface area (Å²) in [5, 5.41) is 11.3. The van der Waals surface area contributed by atoms with Gasteiger partial charge < -0.3 is 5.11 Å². The van der Waals surface area contributed by atoms with E-state index in [9.17, 15) is 4.79 Å². The predicted octanol–water partition coefficient (Wildman–Crippen LogP) is 4.25. The Morgan fingerprint density at radius 3 is 2.47 bits per heavy atom. The molecule has 0 unspecified atom stereocenters. The van der Waals surface area contributed by atoms with Crippen molar-refractivity contribution in [3.05, 3.63) is 29.8 Å². The molecule has 0 spiro atoms. The van der Waals surface area contributed by atoms with E-state index in [2.05, 4.69) is 5.32 Å². The predicted molar refractivity (Wildman–Crippen MR) is 71.2 cm³/mol. The zero-order valence-corrected chi connectivity index (χ0v) is 10.5. The van der Waals surface area contributed by atoms with Gasteiger partial charge in [0.2, 0.25) is 0 Å². The molecule has 2 rings (SSSR count). The van der Waals surface area contributed by atoms with Crippen LogP contribution in [0.15, 0.2) is 24.3 Å². The minimum Gasteiger partial charge on any atom is -0.465 e. The maximum atomic E-state index is 10.7. The second kappa shape index (κ2) is 6.50. The number of carboxylic acid groups (broad SMARTS) is 1. The highest BCUT2D eigenvalue weighted by Crippen LogP contribution is 2.36. The van der Waals surface area contributed by atoms with Crippen molar-refractivity contribution >= 4 is 24.2 Å². The minimum absolute atomic E-state index is 0. The molecule has 94 valence electrons. The molecule has 2 N–H and O–H groups in total. The summed E-state index contributed by atoms with van der Waals surface area (Å²) < 4.78 is 0. The van der Waals surface area contributed by atoms with Gasteiger partial charge in [-0.15, -0.1) is 12.4 Å². The molecule has 17 heavy (non-hydrogen) atoms. The van der Waals surface area contributed by atoms with Gasteiger partial charge in [-0.25, -0.2) is 4.79 Å². The van der Waals surface area contributed by atoms with Crippen LogP contribution in [0.2, 0.25) is 0 Å². The van der Waals surface area contributed by atoms with Gasteiger partial charge in [0.15, 0.2) is 0 Å². The van der Waals surface area contributed by atoms with Crippen LogP contribution in [-0.2, 0) is 0 Å². The summed E-state index contributed by atoms with van der Waals surface area (Å²) in [6.45, 7) is 0. The monoisotopic (exact) mass is 255 g/mol. The summed E-state index contributed by atoms with van der Waals surface area (Å²) in [5.41, 5.74) is 1.91. The van der Waals surface area contributed by atoms with Crippen molar-refractivity contribution in [3.8, 4) is 0 Å². The summed E-state index contributed by atoms with van der Waals surface area (Å²) in [5.74, 6) is 0.525. The zero-order valence-electron chi connectivity index (χ0n) is 9.69. The molecular formula is C13H18ClNO2. The van der Waals surface area contributed by atoms with Gasteiger partial charge in [-0.3, -0.25) is 5.32 Å². The Kier molecular flexibility index (Phi) is 5.29. The van der Waals surface area contributed by atoms with Crippen LogP contribution in [0.4, 0.5) is 10.5 Å². The quantitative estimate of drug-likeness (QED) is 0.830. The van der Waals surface area contributed by atoms with Crippen molar-refractivity contribution in [2.24, 2.45) is 0 Å². The summed E-state index contributed by atoms with van der Waals surface area (Å²) >= 11 is 0. The highest BCUT2D eigenvalue weighted by molar-refractivity contribution is 5.85. The third-order valence-corrected chi connectivity index (χ3v) is 3.25. The molecular weight excluding hydrogens is 238 g/mol. The van der Waals surface area contributed by atoms with Crippen molar-refractivity contribution in [1.29, 1.82) is 0 Å². The fraction of sp³-hybridized carbons (Fsp3) is 0.462. The van der Waals surface area contributed by atoms with Crippen molar-refractivity contribution in [2.75, 3.05) is 5.32 Å². The van der Waals surface area contributed by atoms with Gasteiger partial charge in [-0.1, -0.05) is 37.5 Å². The number of para-hydroxylation sites is 1. The molecule has 0 aromatic heterocycles. The maximum Gasteiger partial charge on any atom is 0.409 e. The molecule has 0 bridgehead atoms. The molecule has 3 nitrogen and oxygen atoms in total. The number of carbonyl (C=O) groups is 1. The first-order chi connectivity index (χ1) is 7.77. The van der Waals surface area contributed by atoms with E-state index in [0.717, 1.165) is 11.3 Å². The molecule has 0 atom stereocenters. The summed E-state index contributed by atoms with van der Waals surface area (Å²) in [6, 6.07) is 7.74. The first-order valence-electron chi connectivity index (χ1n) is 5.86. The molecule has 1 fully saturated rings. The third-order valence-electron chi connectivity index (χ3n) is 3.25. The molecule has 0 heterocycles. The van der Waals surface area contributed by atoms with Gasteiger partial charge in [0.05, 0.1) is 0 Å². The number of hydrogen-bond acceptors (Lipinski definition) is 1. The van der Waals surface area contributed by atoms with E-state index in [1.165, 1.54) is 32.1 Å². The molecule has 0 aliphatic heterocycles. The smallest absolute Gasteiger partial charge is 0.409 e. The van der Waals surface area contributed by atoms with Gasteiger partial charge in [0, 0.05) is 5.69 Å². The molecule has 0 radical (unpaired) electrons. The average Bonchev–Trinajstić information content (AvgIpc) is 2.30. The number of benzene rings is 1. The lowest BCUT2D eigenvalue weighted by atomic mass is 9.83. The van der Waals surface area contributed by atoms with Crippen LogP contribution in [0.3, 0.4) is 0 Å². The fourth-order valence-electron chi connectivity index (χ4n) is 2.50. The lowest BCUT2D eigenvalue weighted by Crippen LogP contribution is -2.12. The maximum absolute atomic E-state index is 10.7. The van der Waals surface area contributed by atoms with E-state index in [1.54, 1.807) is 0 Å². The number of rotatable bonds is 2. The number of hydrogen-bond donors (Lipinski definition) is 2. The van der Waals surface area contributed by atoms with E-state index in [4.69, 9.17) is 5.11 Å². The molecule has 1 aromatic rings. The molecule has 1 aliphatic carbocycles. The van der Waals surface area contributed by atoms with Gasteiger partial charge in [-0.05, 0) is 30.4 Å². The third kappa shape index (κ3) is 3.63. The Morgan fingerprint density at radius 1 is 1.18 bits per heavy atom. The summed E-state index contributed by atoms with van der Waals surface area (Å²) in [4.78, 5) is 10.7. The molecule has 1 aliphatic rings. The van der Waals surface area contributed by atoms with E-state index in [1.807, 2.05) is 24.3 Å². The SMILES string of the molecule is Cl.O=C(O)Nc1ccccc1C1CCCCC1. The van der Waals surface area contributed by atoms with E-state index in [-0.39, 0.29) is 12.4 Å². The topological polar surface area (TPSA) is 49.3 Å². The summed E-state index contributed by atoms with van der Waals surface area (Å²) in [6.07, 6.45) is 5.20. The second-order valence-corrected chi connectivity index (χ2v) is 4.35. The molecule has 0 saturated heterocycles. The van der Waals surface area contributed by atoms with Crippen LogP contribution in [-0.4, -0.2) is 11.2 Å². The Morgan fingerprint density at radius 2 is 1.82 bits per heavy atom. The number of anilines is 1. The zero-order chi connectivity index (χ0) is 11.4. The van der Waals surface area contributed by atoms with Crippen molar-refractivity contribution < 1.29 is 9.90 Å². The standard InChI is InChI=1S/C13H17NO2.ClH/c15-13(16)14-12-9-5-4-8-11(12)10-6-2-1-3-7-10;/h4-5,8-10,14H,1-3,6-7H2,(H,15,16);1H. The Bertz CT molecular complexity index is 375. The summed E-state index contributed by atoms with van der Waals surface area (Å²) in [7, 11) is 0. The van der Waals surface area contributed by atoms with E-state index < -0.39 is 6.09 Å². The van der Waals surface area contributed by atoms with Gasteiger partial charge in [-0.2, -0.15) is 0 Å².